The van der Waals surface area contributed by atoms with Gasteiger partial charge in [0.25, 0.3) is 0 Å². The van der Waals surface area contributed by atoms with Gasteiger partial charge in [0.2, 0.25) is 0 Å². The van der Waals surface area contributed by atoms with Crippen LogP contribution in [0, 0.1) is 0 Å². The zero-order valence-corrected chi connectivity index (χ0v) is 18.0. The quantitative estimate of drug-likeness (QED) is 0.485. The van der Waals surface area contributed by atoms with Gasteiger partial charge in [-0.25, -0.2) is 0 Å². The van der Waals surface area contributed by atoms with E-state index in [1.54, 1.807) is 11.1 Å². The Balaban J connectivity index is 0.000000443. The van der Waals surface area contributed by atoms with Crippen LogP contribution in [0.4, 0.5) is 0 Å². The standard InChI is InChI=1S/2C12H18.Ni/c2*1-4-10-8-7-9-11(5-2)12(10)6-3;/h2*7-9H,4-6H2,1-3H3;. The Kier molecular flexibility index (Phi) is 12.6. The van der Waals surface area contributed by atoms with Gasteiger partial charge in [-0.05, 0) is 71.9 Å². The van der Waals surface area contributed by atoms with E-state index in [0.717, 1.165) is 25.7 Å². The van der Waals surface area contributed by atoms with Crippen LogP contribution < -0.4 is 0 Å². The van der Waals surface area contributed by atoms with Crippen LogP contribution in [0.15, 0.2) is 36.4 Å². The van der Waals surface area contributed by atoms with Gasteiger partial charge in [-0.1, -0.05) is 77.9 Å². The molecule has 1 heteroatoms. The molecule has 0 aromatic heterocycles. The molecule has 0 spiro atoms. The predicted octanol–water partition coefficient (Wildman–Crippen LogP) is 6.75. The summed E-state index contributed by atoms with van der Waals surface area (Å²) >= 11 is 0. The van der Waals surface area contributed by atoms with Crippen molar-refractivity contribution in [3.63, 3.8) is 0 Å². The van der Waals surface area contributed by atoms with Crippen LogP contribution in [0.3, 0.4) is 0 Å². The summed E-state index contributed by atoms with van der Waals surface area (Å²) in [6.45, 7) is 13.4. The van der Waals surface area contributed by atoms with Crippen LogP contribution in [0.25, 0.3) is 0 Å². The number of aryl methyl sites for hydroxylation is 4. The molecule has 0 aliphatic heterocycles. The molecule has 2 aromatic rings. The van der Waals surface area contributed by atoms with Gasteiger partial charge < -0.3 is 0 Å². The predicted molar refractivity (Wildman–Crippen MR) is 109 cm³/mol. The second-order valence-electron chi connectivity index (χ2n) is 6.23. The second kappa shape index (κ2) is 13.2. The van der Waals surface area contributed by atoms with Crippen molar-refractivity contribution < 1.29 is 16.5 Å². The van der Waals surface area contributed by atoms with Gasteiger partial charge in [0, 0.05) is 16.5 Å². The summed E-state index contributed by atoms with van der Waals surface area (Å²) in [5, 5.41) is 0. The van der Waals surface area contributed by atoms with Crippen molar-refractivity contribution in [3.05, 3.63) is 69.8 Å². The van der Waals surface area contributed by atoms with Gasteiger partial charge in [-0.15, -0.1) is 0 Å². The summed E-state index contributed by atoms with van der Waals surface area (Å²) in [4.78, 5) is 0. The van der Waals surface area contributed by atoms with E-state index in [9.17, 15) is 0 Å². The third-order valence-electron chi connectivity index (χ3n) is 4.97. The maximum Gasteiger partial charge on any atom is 0 e. The molecule has 25 heavy (non-hydrogen) atoms. The fourth-order valence-electron chi connectivity index (χ4n) is 3.61. The summed E-state index contributed by atoms with van der Waals surface area (Å²) in [5.74, 6) is 0. The van der Waals surface area contributed by atoms with Crippen LogP contribution in [-0.4, -0.2) is 0 Å². The van der Waals surface area contributed by atoms with Gasteiger partial charge in [0.1, 0.15) is 0 Å². The van der Waals surface area contributed by atoms with E-state index in [1.807, 2.05) is 0 Å². The van der Waals surface area contributed by atoms with Gasteiger partial charge in [0.05, 0.1) is 0 Å². The van der Waals surface area contributed by atoms with Crippen LogP contribution in [0.1, 0.15) is 74.9 Å². The van der Waals surface area contributed by atoms with Gasteiger partial charge in [-0.3, -0.25) is 0 Å². The zero-order chi connectivity index (χ0) is 17.9. The molecule has 0 saturated heterocycles. The fourth-order valence-corrected chi connectivity index (χ4v) is 3.61. The maximum atomic E-state index is 2.25. The first-order chi connectivity index (χ1) is 11.7. The van der Waals surface area contributed by atoms with Crippen LogP contribution in [0.2, 0.25) is 0 Å². The minimum atomic E-state index is 0. The number of benzene rings is 2. The SMILES string of the molecule is CCc1cccc(CC)c1CC.CCc1cccc(CC)c1CC.[Ni]. The topological polar surface area (TPSA) is 0 Å². The van der Waals surface area contributed by atoms with Crippen LogP contribution in [-0.2, 0) is 55.0 Å². The van der Waals surface area contributed by atoms with Crippen LogP contribution in [0.5, 0.6) is 0 Å². The maximum absolute atomic E-state index is 2.25. The minimum Gasteiger partial charge on any atom is -0.0617 e. The Bertz CT molecular complexity index is 513. The monoisotopic (exact) mass is 382 g/mol. The van der Waals surface area contributed by atoms with Crippen molar-refractivity contribution in [2.45, 2.75) is 80.1 Å². The number of rotatable bonds is 6. The minimum absolute atomic E-state index is 0. The third kappa shape index (κ3) is 6.63. The molecule has 0 unspecified atom stereocenters. The first-order valence-corrected chi connectivity index (χ1v) is 9.85. The average molecular weight is 383 g/mol. The average Bonchev–Trinajstić information content (AvgIpc) is 2.66. The Morgan fingerprint density at radius 2 is 0.680 bits per heavy atom. The summed E-state index contributed by atoms with van der Waals surface area (Å²) < 4.78 is 0. The molecule has 0 aliphatic carbocycles. The molecule has 2 rings (SSSR count). The van der Waals surface area contributed by atoms with Crippen molar-refractivity contribution in [2.24, 2.45) is 0 Å². The van der Waals surface area contributed by atoms with Crippen LogP contribution >= 0.6 is 0 Å². The molecule has 142 valence electrons. The normalized spacial score (nSPS) is 9.84. The Morgan fingerprint density at radius 3 is 0.840 bits per heavy atom. The van der Waals surface area contributed by atoms with E-state index in [0.29, 0.717) is 0 Å². The van der Waals surface area contributed by atoms with E-state index >= 15 is 0 Å². The molecule has 0 amide bonds. The van der Waals surface area contributed by atoms with Crippen molar-refractivity contribution in [1.82, 2.24) is 0 Å². The first kappa shape index (κ1) is 23.9. The molecule has 2 aromatic carbocycles. The summed E-state index contributed by atoms with van der Waals surface area (Å²) in [7, 11) is 0. The molecule has 0 saturated carbocycles. The fraction of sp³-hybridized carbons (Fsp3) is 0.500. The number of hydrogen-bond donors (Lipinski definition) is 0. The smallest absolute Gasteiger partial charge is 0 e. The second-order valence-corrected chi connectivity index (χ2v) is 6.23. The molecule has 0 bridgehead atoms. The van der Waals surface area contributed by atoms with Gasteiger partial charge in [-0.2, -0.15) is 0 Å². The van der Waals surface area contributed by atoms with E-state index in [2.05, 4.69) is 77.9 Å². The van der Waals surface area contributed by atoms with Crippen molar-refractivity contribution in [1.29, 1.82) is 0 Å². The molecular weight excluding hydrogens is 347 g/mol. The zero-order valence-electron chi connectivity index (χ0n) is 17.0. The summed E-state index contributed by atoms with van der Waals surface area (Å²) in [6, 6.07) is 13.3. The molecule has 0 atom stereocenters. The largest absolute Gasteiger partial charge is 0.0617 e. The Hall–Kier alpha value is -1.07. The van der Waals surface area contributed by atoms with Gasteiger partial charge in [0.15, 0.2) is 0 Å². The summed E-state index contributed by atoms with van der Waals surface area (Å²) in [6.07, 6.45) is 7.00. The molecule has 0 N–H and O–H groups in total. The van der Waals surface area contributed by atoms with Crippen molar-refractivity contribution in [3.8, 4) is 0 Å². The molecule has 0 aliphatic rings. The Labute approximate surface area is 166 Å². The summed E-state index contributed by atoms with van der Waals surface area (Å²) in [5.41, 5.74) is 9.24. The molecule has 0 fully saturated rings. The molecule has 0 heterocycles. The molecule has 0 nitrogen and oxygen atoms in total. The number of hydrogen-bond acceptors (Lipinski definition) is 0. The molecular formula is C24H36Ni. The van der Waals surface area contributed by atoms with Crippen molar-refractivity contribution >= 4 is 0 Å². The van der Waals surface area contributed by atoms with E-state index in [4.69, 9.17) is 0 Å². The third-order valence-corrected chi connectivity index (χ3v) is 4.97. The van der Waals surface area contributed by atoms with E-state index in [1.165, 1.54) is 35.1 Å². The Morgan fingerprint density at radius 1 is 0.440 bits per heavy atom. The first-order valence-electron chi connectivity index (χ1n) is 9.85. The van der Waals surface area contributed by atoms with Gasteiger partial charge >= 0.3 is 0 Å². The van der Waals surface area contributed by atoms with E-state index in [-0.39, 0.29) is 16.5 Å². The van der Waals surface area contributed by atoms with E-state index < -0.39 is 0 Å². The molecule has 0 radical (unpaired) electrons. The van der Waals surface area contributed by atoms with Crippen molar-refractivity contribution in [2.75, 3.05) is 0 Å².